The summed E-state index contributed by atoms with van der Waals surface area (Å²) in [7, 11) is 0. The van der Waals surface area contributed by atoms with Crippen molar-refractivity contribution in [2.75, 3.05) is 41.7 Å². The Morgan fingerprint density at radius 3 is 2.43 bits per heavy atom. The van der Waals surface area contributed by atoms with Gasteiger partial charge in [0.25, 0.3) is 0 Å². The van der Waals surface area contributed by atoms with Crippen molar-refractivity contribution in [3.05, 3.63) is 65.2 Å². The van der Waals surface area contributed by atoms with Crippen molar-refractivity contribution in [2.45, 2.75) is 46.6 Å². The fourth-order valence-electron chi connectivity index (χ4n) is 4.63. The molecular formula is C28H37ClN4O2. The van der Waals surface area contributed by atoms with Gasteiger partial charge in [-0.05, 0) is 42.7 Å². The predicted molar refractivity (Wildman–Crippen MR) is 146 cm³/mol. The van der Waals surface area contributed by atoms with Crippen molar-refractivity contribution in [3.63, 3.8) is 0 Å². The van der Waals surface area contributed by atoms with E-state index in [0.29, 0.717) is 5.02 Å². The monoisotopic (exact) mass is 496 g/mol. The molecule has 1 fully saturated rings. The maximum absolute atomic E-state index is 12.4. The van der Waals surface area contributed by atoms with E-state index in [-0.39, 0.29) is 23.8 Å². The number of nitrogens with zero attached hydrogens (tertiary/aromatic N) is 2. The molecule has 7 heteroatoms. The highest BCUT2D eigenvalue weighted by Gasteiger charge is 2.27. The van der Waals surface area contributed by atoms with Crippen LogP contribution >= 0.6 is 11.6 Å². The quantitative estimate of drug-likeness (QED) is 0.506. The first-order valence-electron chi connectivity index (χ1n) is 12.7. The van der Waals surface area contributed by atoms with E-state index >= 15 is 0 Å². The first-order valence-corrected chi connectivity index (χ1v) is 13.1. The minimum Gasteiger partial charge on any atom is -0.368 e. The van der Waals surface area contributed by atoms with E-state index in [2.05, 4.69) is 26.5 Å². The molecule has 2 aromatic rings. The van der Waals surface area contributed by atoms with Crippen molar-refractivity contribution < 1.29 is 9.59 Å². The van der Waals surface area contributed by atoms with Crippen molar-refractivity contribution >= 4 is 40.5 Å². The van der Waals surface area contributed by atoms with E-state index in [9.17, 15) is 9.59 Å². The molecule has 1 unspecified atom stereocenters. The van der Waals surface area contributed by atoms with Crippen LogP contribution in [0.15, 0.2) is 54.6 Å². The van der Waals surface area contributed by atoms with Gasteiger partial charge in [0.2, 0.25) is 11.8 Å². The van der Waals surface area contributed by atoms with Gasteiger partial charge in [-0.1, -0.05) is 63.6 Å². The largest absolute Gasteiger partial charge is 0.368 e. The Labute approximate surface area is 214 Å². The Morgan fingerprint density at radius 2 is 1.77 bits per heavy atom. The van der Waals surface area contributed by atoms with Crippen molar-refractivity contribution in [1.29, 1.82) is 0 Å². The summed E-state index contributed by atoms with van der Waals surface area (Å²) >= 11 is 6.62. The van der Waals surface area contributed by atoms with Crippen molar-refractivity contribution in [2.24, 2.45) is 5.92 Å². The molecule has 188 valence electrons. The third-order valence-electron chi connectivity index (χ3n) is 6.59. The second kappa shape index (κ2) is 12.8. The van der Waals surface area contributed by atoms with Gasteiger partial charge in [-0.15, -0.1) is 0 Å². The standard InChI is InChI=1S/C26H31ClN4O2.C2H6/c1-3-18(4-2)26(33)28-19-9-10-24(21(27)17-19)31-15-13-30(14-16-31)23-11-12-25(32)29-22-8-6-5-7-20(22)23;1-2/h5-12,17-18,23H,3-4,13-16H2,1-2H3,(H,28,33)(H,29,32);1-2H3. The number of hydrogen-bond donors (Lipinski definition) is 2. The second-order valence-corrected chi connectivity index (χ2v) is 8.98. The van der Waals surface area contributed by atoms with E-state index in [1.807, 2.05) is 70.2 Å². The fraction of sp³-hybridized carbons (Fsp3) is 0.429. The van der Waals surface area contributed by atoms with E-state index in [1.165, 1.54) is 0 Å². The van der Waals surface area contributed by atoms with Crippen LogP contribution < -0.4 is 15.5 Å². The third kappa shape index (κ3) is 6.44. The van der Waals surface area contributed by atoms with Crippen LogP contribution in [0, 0.1) is 5.92 Å². The molecule has 0 spiro atoms. The molecule has 0 radical (unpaired) electrons. The summed E-state index contributed by atoms with van der Waals surface area (Å²) in [6.45, 7) is 11.4. The molecular weight excluding hydrogens is 460 g/mol. The minimum atomic E-state index is -0.0910. The number of carbonyl (C=O) groups excluding carboxylic acids is 2. The average molecular weight is 497 g/mol. The smallest absolute Gasteiger partial charge is 0.248 e. The molecule has 35 heavy (non-hydrogen) atoms. The molecule has 2 aliphatic rings. The zero-order valence-electron chi connectivity index (χ0n) is 21.2. The fourth-order valence-corrected chi connectivity index (χ4v) is 4.93. The number of rotatable bonds is 6. The number of piperazine rings is 1. The summed E-state index contributed by atoms with van der Waals surface area (Å²) in [5.41, 5.74) is 3.69. The van der Waals surface area contributed by atoms with E-state index in [0.717, 1.165) is 61.6 Å². The molecule has 2 amide bonds. The maximum Gasteiger partial charge on any atom is 0.248 e. The molecule has 0 aliphatic carbocycles. The number of halogens is 1. The van der Waals surface area contributed by atoms with Gasteiger partial charge in [-0.25, -0.2) is 0 Å². The molecule has 2 heterocycles. The number of para-hydroxylation sites is 1. The highest BCUT2D eigenvalue weighted by Crippen LogP contribution is 2.34. The second-order valence-electron chi connectivity index (χ2n) is 8.57. The molecule has 2 aliphatic heterocycles. The lowest BCUT2D eigenvalue weighted by Crippen LogP contribution is -2.47. The highest BCUT2D eigenvalue weighted by molar-refractivity contribution is 6.33. The summed E-state index contributed by atoms with van der Waals surface area (Å²) in [5.74, 6) is -0.0286. The zero-order valence-corrected chi connectivity index (χ0v) is 21.9. The van der Waals surface area contributed by atoms with Crippen LogP contribution in [0.5, 0.6) is 0 Å². The van der Waals surface area contributed by atoms with E-state index < -0.39 is 0 Å². The molecule has 0 saturated carbocycles. The SMILES string of the molecule is CC.CCC(CC)C(=O)Nc1ccc(N2CCN(C3C=CC(=O)Nc4ccccc43)CC2)c(Cl)c1. The van der Waals surface area contributed by atoms with Crippen LogP contribution in [-0.2, 0) is 9.59 Å². The van der Waals surface area contributed by atoms with Crippen molar-refractivity contribution in [3.8, 4) is 0 Å². The van der Waals surface area contributed by atoms with Crippen LogP contribution in [0.1, 0.15) is 52.1 Å². The number of hydrogen-bond acceptors (Lipinski definition) is 4. The third-order valence-corrected chi connectivity index (χ3v) is 6.89. The molecule has 4 rings (SSSR count). The molecule has 1 atom stereocenters. The summed E-state index contributed by atoms with van der Waals surface area (Å²) in [5, 5.41) is 6.59. The van der Waals surface area contributed by atoms with Gasteiger partial charge in [0.1, 0.15) is 0 Å². The number of fused-ring (bicyclic) bond motifs is 1. The Hall–Kier alpha value is -2.83. The minimum absolute atomic E-state index is 0.0187. The molecule has 2 N–H and O–H groups in total. The topological polar surface area (TPSA) is 64.7 Å². The molecule has 0 aromatic heterocycles. The Morgan fingerprint density at radius 1 is 1.09 bits per heavy atom. The predicted octanol–water partition coefficient (Wildman–Crippen LogP) is 6.11. The van der Waals surface area contributed by atoms with Gasteiger partial charge in [-0.2, -0.15) is 0 Å². The van der Waals surface area contributed by atoms with Gasteiger partial charge < -0.3 is 15.5 Å². The molecule has 0 bridgehead atoms. The van der Waals surface area contributed by atoms with Crippen LogP contribution in [-0.4, -0.2) is 42.9 Å². The number of nitrogens with one attached hydrogen (secondary N) is 2. The van der Waals surface area contributed by atoms with Gasteiger partial charge >= 0.3 is 0 Å². The van der Waals surface area contributed by atoms with Crippen LogP contribution in [0.25, 0.3) is 0 Å². The van der Waals surface area contributed by atoms with Gasteiger partial charge in [0.05, 0.1) is 16.8 Å². The lowest BCUT2D eigenvalue weighted by molar-refractivity contribution is -0.120. The Kier molecular flexibility index (Phi) is 9.75. The van der Waals surface area contributed by atoms with Crippen LogP contribution in [0.4, 0.5) is 17.1 Å². The normalized spacial score (nSPS) is 17.7. The lowest BCUT2D eigenvalue weighted by atomic mass is 10.0. The Bertz CT molecular complexity index is 1040. The summed E-state index contributed by atoms with van der Waals surface area (Å²) < 4.78 is 0. The van der Waals surface area contributed by atoms with Crippen molar-refractivity contribution in [1.82, 2.24) is 4.90 Å². The van der Waals surface area contributed by atoms with Gasteiger partial charge in [-0.3, -0.25) is 14.5 Å². The van der Waals surface area contributed by atoms with E-state index in [1.54, 1.807) is 6.08 Å². The van der Waals surface area contributed by atoms with Crippen LogP contribution in [0.2, 0.25) is 5.02 Å². The number of benzene rings is 2. The van der Waals surface area contributed by atoms with Gasteiger partial charge in [0, 0.05) is 49.5 Å². The Balaban J connectivity index is 0.00000167. The average Bonchev–Trinajstić information content (AvgIpc) is 3.04. The molecule has 6 nitrogen and oxygen atoms in total. The lowest BCUT2D eigenvalue weighted by Gasteiger charge is -2.40. The zero-order chi connectivity index (χ0) is 25.4. The van der Waals surface area contributed by atoms with Crippen LogP contribution in [0.3, 0.4) is 0 Å². The van der Waals surface area contributed by atoms with Gasteiger partial charge in [0.15, 0.2) is 0 Å². The number of amides is 2. The summed E-state index contributed by atoms with van der Waals surface area (Å²) in [6.07, 6.45) is 5.26. The molecule has 1 saturated heterocycles. The maximum atomic E-state index is 12.4. The summed E-state index contributed by atoms with van der Waals surface area (Å²) in [6, 6.07) is 13.8. The summed E-state index contributed by atoms with van der Waals surface area (Å²) in [4.78, 5) is 29.1. The first kappa shape index (κ1) is 26.8. The first-order chi connectivity index (χ1) is 17.0. The molecule has 2 aromatic carbocycles. The number of carbonyl (C=O) groups is 2. The van der Waals surface area contributed by atoms with E-state index in [4.69, 9.17) is 11.6 Å². The highest BCUT2D eigenvalue weighted by atomic mass is 35.5. The number of anilines is 3.